The van der Waals surface area contributed by atoms with Gasteiger partial charge in [0.1, 0.15) is 0 Å². The molecule has 0 saturated carbocycles. The van der Waals surface area contributed by atoms with Gasteiger partial charge in [0.05, 0.1) is 5.75 Å². The van der Waals surface area contributed by atoms with Gasteiger partial charge in [-0.15, -0.1) is 0 Å². The van der Waals surface area contributed by atoms with E-state index in [4.69, 9.17) is 11.6 Å². The van der Waals surface area contributed by atoms with Gasteiger partial charge in [-0.3, -0.25) is 4.79 Å². The number of carbonyl (C=O) groups is 1. The molecule has 76 valence electrons. The van der Waals surface area contributed by atoms with Gasteiger partial charge in [-0.1, -0.05) is 30.7 Å². The smallest absolute Gasteiger partial charge is 0.172 e. The van der Waals surface area contributed by atoms with Gasteiger partial charge in [-0.2, -0.15) is 11.8 Å². The van der Waals surface area contributed by atoms with Gasteiger partial charge < -0.3 is 0 Å². The van der Waals surface area contributed by atoms with Crippen LogP contribution in [-0.2, 0) is 0 Å². The van der Waals surface area contributed by atoms with Crippen LogP contribution in [0.1, 0.15) is 22.8 Å². The van der Waals surface area contributed by atoms with E-state index in [0.717, 1.165) is 11.3 Å². The standard InChI is InChI=1S/C11H13ClOS/c1-3-14-7-11(13)9-5-4-8(2)10(12)6-9/h4-6H,3,7H2,1-2H3. The van der Waals surface area contributed by atoms with E-state index >= 15 is 0 Å². The lowest BCUT2D eigenvalue weighted by Gasteiger charge is -2.02. The van der Waals surface area contributed by atoms with E-state index in [-0.39, 0.29) is 5.78 Å². The second kappa shape index (κ2) is 5.42. The molecule has 0 bridgehead atoms. The first-order valence-electron chi connectivity index (χ1n) is 4.52. The molecule has 0 heterocycles. The summed E-state index contributed by atoms with van der Waals surface area (Å²) in [7, 11) is 0. The summed E-state index contributed by atoms with van der Waals surface area (Å²) >= 11 is 7.56. The Balaban J connectivity index is 2.76. The maximum atomic E-state index is 11.6. The molecular weight excluding hydrogens is 216 g/mol. The predicted molar refractivity (Wildman–Crippen MR) is 63.5 cm³/mol. The topological polar surface area (TPSA) is 17.1 Å². The zero-order chi connectivity index (χ0) is 10.6. The van der Waals surface area contributed by atoms with E-state index in [1.165, 1.54) is 0 Å². The molecule has 1 nitrogen and oxygen atoms in total. The number of thioether (sulfide) groups is 1. The van der Waals surface area contributed by atoms with E-state index in [9.17, 15) is 4.79 Å². The van der Waals surface area contributed by atoms with Gasteiger partial charge in [0.25, 0.3) is 0 Å². The van der Waals surface area contributed by atoms with Crippen molar-refractivity contribution in [1.29, 1.82) is 0 Å². The number of ketones is 1. The fourth-order valence-corrected chi connectivity index (χ4v) is 1.78. The van der Waals surface area contributed by atoms with Crippen molar-refractivity contribution in [2.24, 2.45) is 0 Å². The number of hydrogen-bond acceptors (Lipinski definition) is 2. The first kappa shape index (κ1) is 11.6. The lowest BCUT2D eigenvalue weighted by atomic mass is 10.1. The average Bonchev–Trinajstić information content (AvgIpc) is 2.18. The van der Waals surface area contributed by atoms with E-state index in [1.807, 2.05) is 26.0 Å². The van der Waals surface area contributed by atoms with Crippen LogP contribution in [0.25, 0.3) is 0 Å². The first-order chi connectivity index (χ1) is 6.65. The van der Waals surface area contributed by atoms with Crippen molar-refractivity contribution in [2.45, 2.75) is 13.8 Å². The molecule has 0 unspecified atom stereocenters. The number of aryl methyl sites for hydroxylation is 1. The Labute approximate surface area is 93.8 Å². The molecule has 0 spiro atoms. The number of benzene rings is 1. The summed E-state index contributed by atoms with van der Waals surface area (Å²) in [5.41, 5.74) is 1.72. The number of Topliss-reactive ketones (excluding diaryl/α,β-unsaturated/α-hetero) is 1. The molecule has 0 fully saturated rings. The van der Waals surface area contributed by atoms with E-state index in [0.29, 0.717) is 16.3 Å². The van der Waals surface area contributed by atoms with Gasteiger partial charge in [0, 0.05) is 10.6 Å². The Bertz CT molecular complexity index is 336. The van der Waals surface area contributed by atoms with Crippen molar-refractivity contribution in [3.8, 4) is 0 Å². The summed E-state index contributed by atoms with van der Waals surface area (Å²) in [4.78, 5) is 11.6. The van der Waals surface area contributed by atoms with E-state index in [1.54, 1.807) is 17.8 Å². The quantitative estimate of drug-likeness (QED) is 0.733. The zero-order valence-electron chi connectivity index (χ0n) is 8.34. The Morgan fingerprint density at radius 1 is 1.50 bits per heavy atom. The number of halogens is 1. The molecule has 0 saturated heterocycles. The Hall–Kier alpha value is -0.470. The normalized spacial score (nSPS) is 10.2. The molecule has 1 aromatic rings. The van der Waals surface area contributed by atoms with Crippen LogP contribution in [0.15, 0.2) is 18.2 Å². The maximum absolute atomic E-state index is 11.6. The highest BCUT2D eigenvalue weighted by Crippen LogP contribution is 2.17. The zero-order valence-corrected chi connectivity index (χ0v) is 9.91. The van der Waals surface area contributed by atoms with Crippen LogP contribution < -0.4 is 0 Å². The number of hydrogen-bond donors (Lipinski definition) is 0. The molecule has 1 rings (SSSR count). The van der Waals surface area contributed by atoms with Crippen molar-refractivity contribution in [2.75, 3.05) is 11.5 Å². The summed E-state index contributed by atoms with van der Waals surface area (Å²) in [6, 6.07) is 5.46. The Kier molecular flexibility index (Phi) is 4.49. The van der Waals surface area contributed by atoms with E-state index < -0.39 is 0 Å². The minimum Gasteiger partial charge on any atom is -0.293 e. The van der Waals surface area contributed by atoms with Crippen molar-refractivity contribution >= 4 is 29.1 Å². The highest BCUT2D eigenvalue weighted by molar-refractivity contribution is 7.99. The van der Waals surface area contributed by atoms with Crippen molar-refractivity contribution in [3.05, 3.63) is 34.3 Å². The van der Waals surface area contributed by atoms with E-state index in [2.05, 4.69) is 0 Å². The maximum Gasteiger partial charge on any atom is 0.172 e. The fraction of sp³-hybridized carbons (Fsp3) is 0.364. The van der Waals surface area contributed by atoms with Gasteiger partial charge in [0.15, 0.2) is 5.78 Å². The van der Waals surface area contributed by atoms with Gasteiger partial charge >= 0.3 is 0 Å². The monoisotopic (exact) mass is 228 g/mol. The molecule has 0 N–H and O–H groups in total. The SMILES string of the molecule is CCSCC(=O)c1ccc(C)c(Cl)c1. The Morgan fingerprint density at radius 3 is 2.79 bits per heavy atom. The molecule has 1 aromatic carbocycles. The average molecular weight is 229 g/mol. The third-order valence-electron chi connectivity index (χ3n) is 1.93. The molecule has 0 aliphatic rings. The largest absolute Gasteiger partial charge is 0.293 e. The Morgan fingerprint density at radius 2 is 2.21 bits per heavy atom. The lowest BCUT2D eigenvalue weighted by Crippen LogP contribution is -2.02. The molecule has 0 radical (unpaired) electrons. The molecular formula is C11H13ClOS. The summed E-state index contributed by atoms with van der Waals surface area (Å²) in [6.45, 7) is 3.97. The third kappa shape index (κ3) is 3.03. The minimum absolute atomic E-state index is 0.152. The second-order valence-corrected chi connectivity index (χ2v) is 4.71. The molecule has 3 heteroatoms. The van der Waals surface area contributed by atoms with Crippen LogP contribution in [0.3, 0.4) is 0 Å². The summed E-state index contributed by atoms with van der Waals surface area (Å²) in [6.07, 6.45) is 0. The van der Waals surface area contributed by atoms with Crippen molar-refractivity contribution < 1.29 is 4.79 Å². The highest BCUT2D eigenvalue weighted by atomic mass is 35.5. The van der Waals surface area contributed by atoms with Crippen LogP contribution in [0.5, 0.6) is 0 Å². The van der Waals surface area contributed by atoms with Crippen LogP contribution >= 0.6 is 23.4 Å². The van der Waals surface area contributed by atoms with Crippen molar-refractivity contribution in [1.82, 2.24) is 0 Å². The number of carbonyl (C=O) groups excluding carboxylic acids is 1. The highest BCUT2D eigenvalue weighted by Gasteiger charge is 2.06. The molecule has 14 heavy (non-hydrogen) atoms. The van der Waals surface area contributed by atoms with Crippen LogP contribution in [0, 0.1) is 6.92 Å². The fourth-order valence-electron chi connectivity index (χ4n) is 1.04. The molecule has 0 amide bonds. The molecule has 0 atom stereocenters. The van der Waals surface area contributed by atoms with Gasteiger partial charge in [-0.05, 0) is 24.3 Å². The van der Waals surface area contributed by atoms with Crippen LogP contribution in [0.2, 0.25) is 5.02 Å². The van der Waals surface area contributed by atoms with Gasteiger partial charge in [0.2, 0.25) is 0 Å². The van der Waals surface area contributed by atoms with Gasteiger partial charge in [-0.25, -0.2) is 0 Å². The van der Waals surface area contributed by atoms with Crippen molar-refractivity contribution in [3.63, 3.8) is 0 Å². The lowest BCUT2D eigenvalue weighted by molar-refractivity contribution is 0.102. The van der Waals surface area contributed by atoms with Crippen LogP contribution in [-0.4, -0.2) is 17.3 Å². The summed E-state index contributed by atoms with van der Waals surface area (Å²) < 4.78 is 0. The molecule has 0 aromatic heterocycles. The predicted octanol–water partition coefficient (Wildman–Crippen LogP) is 3.58. The third-order valence-corrected chi connectivity index (χ3v) is 3.21. The first-order valence-corrected chi connectivity index (χ1v) is 6.05. The van der Waals surface area contributed by atoms with Crippen LogP contribution in [0.4, 0.5) is 0 Å². The molecule has 0 aliphatic heterocycles. The minimum atomic E-state index is 0.152. The second-order valence-electron chi connectivity index (χ2n) is 3.02. The summed E-state index contributed by atoms with van der Waals surface area (Å²) in [5.74, 6) is 1.65. The molecule has 0 aliphatic carbocycles. The summed E-state index contributed by atoms with van der Waals surface area (Å²) in [5, 5.41) is 0.664. The number of rotatable bonds is 4.